The number of rotatable bonds is 6. The molecule has 12 aromatic rings. The Kier molecular flexibility index (Phi) is 8.13. The molecule has 0 saturated heterocycles. The van der Waals surface area contributed by atoms with Crippen LogP contribution in [0.2, 0.25) is 0 Å². The Labute approximate surface area is 352 Å². The van der Waals surface area contributed by atoms with Crippen LogP contribution in [-0.2, 0) is 0 Å². The molecule has 0 N–H and O–H groups in total. The van der Waals surface area contributed by atoms with Crippen LogP contribution < -0.4 is 0 Å². The minimum absolute atomic E-state index is 0.641. The van der Waals surface area contributed by atoms with E-state index in [0.29, 0.717) is 17.5 Å². The van der Waals surface area contributed by atoms with Crippen LogP contribution in [0, 0.1) is 0 Å². The molecule has 0 aliphatic carbocycles. The van der Waals surface area contributed by atoms with E-state index in [1.807, 2.05) is 60.7 Å². The van der Waals surface area contributed by atoms with Crippen LogP contribution in [0.4, 0.5) is 0 Å². The van der Waals surface area contributed by atoms with Gasteiger partial charge in [-0.25, -0.2) is 15.0 Å². The Balaban J connectivity index is 0.954. The number of para-hydroxylation sites is 1. The zero-order valence-electron chi connectivity index (χ0n) is 33.1. The van der Waals surface area contributed by atoms with Crippen molar-refractivity contribution in [2.45, 2.75) is 0 Å². The Morgan fingerprint density at radius 1 is 0.246 bits per heavy atom. The van der Waals surface area contributed by atoms with Crippen LogP contribution >= 0.6 is 0 Å². The van der Waals surface area contributed by atoms with Gasteiger partial charge in [-0.15, -0.1) is 0 Å². The molecular weight excluding hydrogens is 741 g/mol. The van der Waals surface area contributed by atoms with Gasteiger partial charge in [0.05, 0.1) is 11.0 Å². The summed E-state index contributed by atoms with van der Waals surface area (Å²) in [6.07, 6.45) is 0. The van der Waals surface area contributed by atoms with Crippen molar-refractivity contribution in [1.29, 1.82) is 0 Å². The van der Waals surface area contributed by atoms with Crippen molar-refractivity contribution in [1.82, 2.24) is 19.5 Å². The molecule has 10 aromatic carbocycles. The number of fused-ring (bicyclic) bond motifs is 9. The van der Waals surface area contributed by atoms with E-state index in [-0.39, 0.29) is 0 Å². The Morgan fingerprint density at radius 2 is 0.656 bits per heavy atom. The summed E-state index contributed by atoms with van der Waals surface area (Å²) in [7, 11) is 0. The molecule has 0 unspecified atom stereocenters. The second kappa shape index (κ2) is 14.3. The monoisotopic (exact) mass is 776 g/mol. The predicted molar refractivity (Wildman–Crippen MR) is 254 cm³/mol. The molecule has 0 saturated carbocycles. The quantitative estimate of drug-likeness (QED) is 0.158. The third-order valence-electron chi connectivity index (χ3n) is 12.1. The van der Waals surface area contributed by atoms with Gasteiger partial charge >= 0.3 is 0 Å². The van der Waals surface area contributed by atoms with Crippen LogP contribution in [0.1, 0.15) is 0 Å². The summed E-state index contributed by atoms with van der Waals surface area (Å²) in [5, 5.41) is 10.1. The average Bonchev–Trinajstić information content (AvgIpc) is 3.68. The van der Waals surface area contributed by atoms with Gasteiger partial charge in [-0.1, -0.05) is 188 Å². The maximum absolute atomic E-state index is 4.96. The van der Waals surface area contributed by atoms with Crippen molar-refractivity contribution in [2.24, 2.45) is 0 Å². The van der Waals surface area contributed by atoms with Gasteiger partial charge in [0.25, 0.3) is 0 Å². The van der Waals surface area contributed by atoms with E-state index in [0.717, 1.165) is 33.5 Å². The topological polar surface area (TPSA) is 43.6 Å². The first-order chi connectivity index (χ1) is 30.2. The molecule has 4 nitrogen and oxygen atoms in total. The first-order valence-electron chi connectivity index (χ1n) is 20.7. The van der Waals surface area contributed by atoms with E-state index in [2.05, 4.69) is 162 Å². The zero-order valence-corrected chi connectivity index (χ0v) is 33.1. The number of nitrogens with zero attached hydrogens (tertiary/aromatic N) is 4. The molecule has 0 fully saturated rings. The lowest BCUT2D eigenvalue weighted by atomic mass is 9.93. The molecule has 0 spiro atoms. The van der Waals surface area contributed by atoms with Crippen molar-refractivity contribution >= 4 is 54.1 Å². The Hall–Kier alpha value is -8.21. The van der Waals surface area contributed by atoms with Crippen molar-refractivity contribution in [3.8, 4) is 62.1 Å². The standard InChI is InChI=1S/C57H36N4/c1-3-15-38(16-4-1)55-58-56(39-17-5-2-6-18-39)60-57(59-55)40-29-27-37(28-30-40)43-19-7-8-20-44(43)41-31-34-54-52(35-41)50-25-13-14-26-53(50)61(54)42-32-33-49-47-23-10-9-21-45(47)46-22-11-12-24-48(46)51(49)36-42/h1-36H. The molecule has 2 heterocycles. The van der Waals surface area contributed by atoms with Gasteiger partial charge in [-0.2, -0.15) is 0 Å². The summed E-state index contributed by atoms with van der Waals surface area (Å²) >= 11 is 0. The van der Waals surface area contributed by atoms with E-state index in [4.69, 9.17) is 15.0 Å². The molecular formula is C57H36N4. The van der Waals surface area contributed by atoms with E-state index in [9.17, 15) is 0 Å². The molecule has 0 atom stereocenters. The fourth-order valence-electron chi connectivity index (χ4n) is 9.18. The van der Waals surface area contributed by atoms with Gasteiger partial charge in [-0.05, 0) is 84.9 Å². The van der Waals surface area contributed by atoms with E-state index >= 15 is 0 Å². The van der Waals surface area contributed by atoms with Gasteiger partial charge < -0.3 is 4.57 Å². The minimum Gasteiger partial charge on any atom is -0.309 e. The SMILES string of the molecule is c1ccc(-c2nc(-c3ccccc3)nc(-c3ccc(-c4ccccc4-c4ccc5c(c4)c4ccccc4n5-c4ccc5c6ccccc6c6ccccc6c5c4)cc3)n2)cc1. The maximum Gasteiger partial charge on any atom is 0.164 e. The fourth-order valence-corrected chi connectivity index (χ4v) is 9.18. The van der Waals surface area contributed by atoms with Crippen molar-refractivity contribution in [2.75, 3.05) is 0 Å². The number of hydrogen-bond acceptors (Lipinski definition) is 3. The molecule has 0 bridgehead atoms. The summed E-state index contributed by atoms with van der Waals surface area (Å²) < 4.78 is 2.43. The third kappa shape index (κ3) is 5.88. The van der Waals surface area contributed by atoms with Crippen LogP contribution in [0.15, 0.2) is 218 Å². The predicted octanol–water partition coefficient (Wildman–Crippen LogP) is 14.8. The zero-order chi connectivity index (χ0) is 40.3. The molecule has 0 aliphatic rings. The summed E-state index contributed by atoms with van der Waals surface area (Å²) in [4.78, 5) is 14.8. The fraction of sp³-hybridized carbons (Fsp3) is 0. The van der Waals surface area contributed by atoms with Gasteiger partial charge in [0, 0.05) is 33.2 Å². The average molecular weight is 777 g/mol. The number of benzene rings is 10. The van der Waals surface area contributed by atoms with Crippen LogP contribution in [-0.4, -0.2) is 19.5 Å². The highest BCUT2D eigenvalue weighted by Gasteiger charge is 2.18. The van der Waals surface area contributed by atoms with E-state index < -0.39 is 0 Å². The normalized spacial score (nSPS) is 11.6. The summed E-state index contributed by atoms with van der Waals surface area (Å²) in [6, 6.07) is 77.7. The lowest BCUT2D eigenvalue weighted by Gasteiger charge is -2.14. The largest absolute Gasteiger partial charge is 0.309 e. The molecule has 0 amide bonds. The van der Waals surface area contributed by atoms with Crippen molar-refractivity contribution in [3.63, 3.8) is 0 Å². The highest BCUT2D eigenvalue weighted by atomic mass is 15.0. The number of aromatic nitrogens is 4. The van der Waals surface area contributed by atoms with Crippen LogP contribution in [0.3, 0.4) is 0 Å². The maximum atomic E-state index is 4.96. The second-order valence-electron chi connectivity index (χ2n) is 15.6. The van der Waals surface area contributed by atoms with Gasteiger partial charge in [0.1, 0.15) is 0 Å². The van der Waals surface area contributed by atoms with Gasteiger partial charge in [0.2, 0.25) is 0 Å². The second-order valence-corrected chi connectivity index (χ2v) is 15.6. The van der Waals surface area contributed by atoms with Gasteiger partial charge in [-0.3, -0.25) is 0 Å². The van der Waals surface area contributed by atoms with Crippen molar-refractivity contribution < 1.29 is 0 Å². The summed E-state index contributed by atoms with van der Waals surface area (Å²) in [6.45, 7) is 0. The lowest BCUT2D eigenvalue weighted by Crippen LogP contribution is -2.00. The van der Waals surface area contributed by atoms with Crippen LogP contribution in [0.5, 0.6) is 0 Å². The van der Waals surface area contributed by atoms with E-state index in [1.54, 1.807) is 0 Å². The Bertz CT molecular complexity index is 3530. The lowest BCUT2D eigenvalue weighted by molar-refractivity contribution is 1.07. The molecule has 0 aliphatic heterocycles. The molecule has 0 radical (unpaired) electrons. The van der Waals surface area contributed by atoms with Crippen molar-refractivity contribution in [3.05, 3.63) is 218 Å². The summed E-state index contributed by atoms with van der Waals surface area (Å²) in [5.41, 5.74) is 11.0. The highest BCUT2D eigenvalue weighted by molar-refractivity contribution is 6.25. The molecule has 4 heteroatoms. The molecule has 2 aromatic heterocycles. The third-order valence-corrected chi connectivity index (χ3v) is 12.1. The Morgan fingerprint density at radius 3 is 1.25 bits per heavy atom. The molecule has 61 heavy (non-hydrogen) atoms. The minimum atomic E-state index is 0.641. The molecule has 12 rings (SSSR count). The highest BCUT2D eigenvalue weighted by Crippen LogP contribution is 2.41. The van der Waals surface area contributed by atoms with Gasteiger partial charge in [0.15, 0.2) is 17.5 Å². The first kappa shape index (κ1) is 34.8. The molecule has 284 valence electrons. The first-order valence-corrected chi connectivity index (χ1v) is 20.7. The van der Waals surface area contributed by atoms with E-state index in [1.165, 1.54) is 65.3 Å². The summed E-state index contributed by atoms with van der Waals surface area (Å²) in [5.74, 6) is 1.94. The van der Waals surface area contributed by atoms with Crippen LogP contribution in [0.25, 0.3) is 116 Å². The smallest absolute Gasteiger partial charge is 0.164 e. The number of hydrogen-bond donors (Lipinski definition) is 0.